The van der Waals surface area contributed by atoms with Crippen molar-refractivity contribution in [2.45, 2.75) is 58.9 Å². The number of carbonyl (C=O) groups excluding carboxylic acids is 1. The molecule has 1 atom stereocenters. The zero-order chi connectivity index (χ0) is 19.6. The number of rotatable bonds is 9. The molecule has 0 aliphatic heterocycles. The summed E-state index contributed by atoms with van der Waals surface area (Å²) in [7, 11) is 0. The number of carbonyl (C=O) groups is 1. The van der Waals surface area contributed by atoms with Gasteiger partial charge in [0.15, 0.2) is 0 Å². The van der Waals surface area contributed by atoms with Gasteiger partial charge in [-0.05, 0) is 66.6 Å². The molecule has 27 heavy (non-hydrogen) atoms. The second-order valence-electron chi connectivity index (χ2n) is 7.10. The van der Waals surface area contributed by atoms with Crippen LogP contribution < -0.4 is 5.32 Å². The zero-order valence-corrected chi connectivity index (χ0v) is 17.4. The minimum Gasteiger partial charge on any atom is -0.350 e. The van der Waals surface area contributed by atoms with Gasteiger partial charge in [-0.25, -0.2) is 0 Å². The molecule has 1 N–H and O–H groups in total. The summed E-state index contributed by atoms with van der Waals surface area (Å²) in [4.78, 5) is 12.2. The summed E-state index contributed by atoms with van der Waals surface area (Å²) in [6, 6.07) is 14.3. The van der Waals surface area contributed by atoms with Crippen LogP contribution >= 0.6 is 11.6 Å². The quantitative estimate of drug-likeness (QED) is 0.528. The molecule has 1 unspecified atom stereocenters. The molecule has 0 aliphatic carbocycles. The Labute approximate surface area is 168 Å². The van der Waals surface area contributed by atoms with Gasteiger partial charge in [-0.3, -0.25) is 4.79 Å². The van der Waals surface area contributed by atoms with E-state index in [0.717, 1.165) is 31.2 Å². The maximum absolute atomic E-state index is 12.2. The average Bonchev–Trinajstić information content (AvgIpc) is 2.63. The maximum Gasteiger partial charge on any atom is 0.244 e. The summed E-state index contributed by atoms with van der Waals surface area (Å²) < 4.78 is 0. The minimum atomic E-state index is -0.0752. The summed E-state index contributed by atoms with van der Waals surface area (Å²) in [6.45, 7) is 6.49. The number of aryl methyl sites for hydroxylation is 2. The van der Waals surface area contributed by atoms with Crippen molar-refractivity contribution >= 4 is 23.6 Å². The molecule has 0 aromatic heterocycles. The van der Waals surface area contributed by atoms with E-state index in [4.69, 9.17) is 11.6 Å². The van der Waals surface area contributed by atoms with Crippen LogP contribution in [-0.2, 0) is 24.1 Å². The van der Waals surface area contributed by atoms with Crippen LogP contribution in [0, 0.1) is 0 Å². The van der Waals surface area contributed by atoms with Gasteiger partial charge in [-0.2, -0.15) is 0 Å². The van der Waals surface area contributed by atoms with Crippen LogP contribution in [-0.4, -0.2) is 11.9 Å². The smallest absolute Gasteiger partial charge is 0.244 e. The zero-order valence-electron chi connectivity index (χ0n) is 16.6. The second-order valence-corrected chi connectivity index (χ2v) is 7.54. The van der Waals surface area contributed by atoms with Gasteiger partial charge in [0.2, 0.25) is 5.91 Å². The van der Waals surface area contributed by atoms with E-state index in [1.165, 1.54) is 23.1 Å². The molecular formula is C24H30ClNO. The highest BCUT2D eigenvalue weighted by molar-refractivity contribution is 6.30. The fourth-order valence-electron chi connectivity index (χ4n) is 3.26. The Hall–Kier alpha value is -2.06. The lowest BCUT2D eigenvalue weighted by atomic mass is 9.95. The predicted molar refractivity (Wildman–Crippen MR) is 116 cm³/mol. The van der Waals surface area contributed by atoms with Gasteiger partial charge in [0.1, 0.15) is 0 Å². The molecular weight excluding hydrogens is 354 g/mol. The third-order valence-corrected chi connectivity index (χ3v) is 4.79. The van der Waals surface area contributed by atoms with Gasteiger partial charge in [0.25, 0.3) is 0 Å². The van der Waals surface area contributed by atoms with Gasteiger partial charge in [0.05, 0.1) is 0 Å². The van der Waals surface area contributed by atoms with Crippen LogP contribution in [0.4, 0.5) is 0 Å². The molecule has 2 nitrogen and oxygen atoms in total. The first-order valence-electron chi connectivity index (χ1n) is 9.86. The number of benzene rings is 2. The molecule has 0 fully saturated rings. The Morgan fingerprint density at radius 1 is 1.04 bits per heavy atom. The van der Waals surface area contributed by atoms with Crippen LogP contribution in [0.5, 0.6) is 0 Å². The summed E-state index contributed by atoms with van der Waals surface area (Å²) in [5.41, 5.74) is 5.16. The Bertz CT molecular complexity index is 764. The molecule has 3 heteroatoms. The monoisotopic (exact) mass is 383 g/mol. The summed E-state index contributed by atoms with van der Waals surface area (Å²) in [5, 5.41) is 3.74. The molecule has 2 aromatic rings. The van der Waals surface area contributed by atoms with Gasteiger partial charge < -0.3 is 5.32 Å². The number of hydrogen-bond donors (Lipinski definition) is 1. The molecule has 0 saturated heterocycles. The lowest BCUT2D eigenvalue weighted by Gasteiger charge is -2.15. The fourth-order valence-corrected chi connectivity index (χ4v) is 3.39. The summed E-state index contributed by atoms with van der Waals surface area (Å²) >= 11 is 5.87. The van der Waals surface area contributed by atoms with Gasteiger partial charge in [-0.1, -0.05) is 68.6 Å². The first kappa shape index (κ1) is 21.2. The van der Waals surface area contributed by atoms with Gasteiger partial charge in [0, 0.05) is 17.1 Å². The predicted octanol–water partition coefficient (Wildman–Crippen LogP) is 6.01. The van der Waals surface area contributed by atoms with E-state index in [9.17, 15) is 4.79 Å². The molecule has 0 spiro atoms. The van der Waals surface area contributed by atoms with E-state index >= 15 is 0 Å². The summed E-state index contributed by atoms with van der Waals surface area (Å²) in [5.74, 6) is -0.0752. The van der Waals surface area contributed by atoms with Crippen molar-refractivity contribution in [2.75, 3.05) is 0 Å². The summed E-state index contributed by atoms with van der Waals surface area (Å²) in [6.07, 6.45) is 8.79. The lowest BCUT2D eigenvalue weighted by molar-refractivity contribution is -0.117. The number of amides is 1. The standard InChI is InChI=1S/C24H30ClNO/c1-4-6-21-12-8-20(17-22(21)7-5-2)16-18(3)26-24(27)15-11-19-9-13-23(25)14-10-19/h8-15,17-18H,4-7,16H2,1-3H3,(H,26,27). The molecule has 0 saturated carbocycles. The van der Waals surface area contributed by atoms with Crippen molar-refractivity contribution in [3.63, 3.8) is 0 Å². The van der Waals surface area contributed by atoms with Gasteiger partial charge in [-0.15, -0.1) is 0 Å². The number of hydrogen-bond acceptors (Lipinski definition) is 1. The highest BCUT2D eigenvalue weighted by Gasteiger charge is 2.09. The molecule has 0 bridgehead atoms. The van der Waals surface area contributed by atoms with Crippen molar-refractivity contribution in [1.82, 2.24) is 5.32 Å². The van der Waals surface area contributed by atoms with Gasteiger partial charge >= 0.3 is 0 Å². The SMILES string of the molecule is CCCc1ccc(CC(C)NC(=O)C=Cc2ccc(Cl)cc2)cc1CCC. The molecule has 2 aromatic carbocycles. The van der Waals surface area contributed by atoms with Crippen LogP contribution in [0.2, 0.25) is 5.02 Å². The van der Waals surface area contributed by atoms with Crippen LogP contribution in [0.1, 0.15) is 55.9 Å². The van der Waals surface area contributed by atoms with Crippen molar-refractivity contribution in [2.24, 2.45) is 0 Å². The molecule has 144 valence electrons. The number of nitrogens with one attached hydrogen (secondary N) is 1. The molecule has 0 aliphatic rings. The van der Waals surface area contributed by atoms with Crippen LogP contribution in [0.25, 0.3) is 6.08 Å². The lowest BCUT2D eigenvalue weighted by Crippen LogP contribution is -2.32. The van der Waals surface area contributed by atoms with E-state index < -0.39 is 0 Å². The molecule has 1 amide bonds. The Morgan fingerprint density at radius 3 is 2.37 bits per heavy atom. The highest BCUT2D eigenvalue weighted by Crippen LogP contribution is 2.17. The van der Waals surface area contributed by atoms with E-state index in [2.05, 4.69) is 37.4 Å². The maximum atomic E-state index is 12.2. The van der Waals surface area contributed by atoms with E-state index in [0.29, 0.717) is 5.02 Å². The first-order valence-corrected chi connectivity index (χ1v) is 10.2. The Balaban J connectivity index is 1.94. The van der Waals surface area contributed by atoms with Crippen molar-refractivity contribution in [1.29, 1.82) is 0 Å². The average molecular weight is 384 g/mol. The van der Waals surface area contributed by atoms with Crippen molar-refractivity contribution in [3.05, 3.63) is 75.8 Å². The molecule has 2 rings (SSSR count). The second kappa shape index (κ2) is 10.9. The molecule has 0 radical (unpaired) electrons. The largest absolute Gasteiger partial charge is 0.350 e. The third kappa shape index (κ3) is 7.22. The molecule has 0 heterocycles. The van der Waals surface area contributed by atoms with E-state index in [1.807, 2.05) is 31.2 Å². The van der Waals surface area contributed by atoms with Crippen molar-refractivity contribution in [3.8, 4) is 0 Å². The third-order valence-electron chi connectivity index (χ3n) is 4.54. The normalized spacial score (nSPS) is 12.3. The minimum absolute atomic E-state index is 0.0752. The Morgan fingerprint density at radius 2 is 1.70 bits per heavy atom. The Kier molecular flexibility index (Phi) is 8.60. The van der Waals surface area contributed by atoms with E-state index in [-0.39, 0.29) is 11.9 Å². The highest BCUT2D eigenvalue weighted by atomic mass is 35.5. The number of halogens is 1. The van der Waals surface area contributed by atoms with Crippen LogP contribution in [0.3, 0.4) is 0 Å². The van der Waals surface area contributed by atoms with Crippen LogP contribution in [0.15, 0.2) is 48.5 Å². The fraction of sp³-hybridized carbons (Fsp3) is 0.375. The van der Waals surface area contributed by atoms with Crippen molar-refractivity contribution < 1.29 is 4.79 Å². The van der Waals surface area contributed by atoms with E-state index in [1.54, 1.807) is 12.2 Å². The first-order chi connectivity index (χ1) is 13.0. The topological polar surface area (TPSA) is 29.1 Å².